The molecule has 0 aliphatic carbocycles. The van der Waals surface area contributed by atoms with Gasteiger partial charge in [-0.15, -0.1) is 0 Å². The molecule has 0 radical (unpaired) electrons. The van der Waals surface area contributed by atoms with Crippen molar-refractivity contribution in [1.29, 1.82) is 0 Å². The van der Waals surface area contributed by atoms with Crippen LogP contribution in [0.15, 0.2) is 30.3 Å². The summed E-state index contributed by atoms with van der Waals surface area (Å²) >= 11 is 5.23. The Balaban J connectivity index is 2.24. The Morgan fingerprint density at radius 3 is 2.55 bits per heavy atom. The number of H-pyrrole nitrogens is 1. The first-order valence-corrected chi connectivity index (χ1v) is 7.47. The number of hydrogen-bond donors (Lipinski definition) is 1. The van der Waals surface area contributed by atoms with Crippen molar-refractivity contribution in [3.63, 3.8) is 0 Å². The van der Waals surface area contributed by atoms with Crippen molar-refractivity contribution in [1.82, 2.24) is 9.97 Å². The van der Waals surface area contributed by atoms with Crippen molar-refractivity contribution < 1.29 is 4.74 Å². The summed E-state index contributed by atoms with van der Waals surface area (Å²) in [5.74, 6) is 1.85. The molecule has 3 nitrogen and oxygen atoms in total. The van der Waals surface area contributed by atoms with E-state index < -0.39 is 0 Å². The number of nitrogens with zero attached hydrogens (tertiary/aromatic N) is 1. The summed E-state index contributed by atoms with van der Waals surface area (Å²) in [6.07, 6.45) is 2.97. The maximum atomic E-state index is 5.59. The van der Waals surface area contributed by atoms with Crippen LogP contribution in [0, 0.1) is 4.64 Å². The first-order chi connectivity index (χ1) is 9.72. The van der Waals surface area contributed by atoms with Crippen molar-refractivity contribution in [2.24, 2.45) is 0 Å². The molecule has 0 spiro atoms. The van der Waals surface area contributed by atoms with Crippen LogP contribution in [0.25, 0.3) is 11.3 Å². The summed E-state index contributed by atoms with van der Waals surface area (Å²) in [6.45, 7) is 4.98. The Labute approximate surface area is 125 Å². The smallest absolute Gasteiger partial charge is 0.130 e. The zero-order chi connectivity index (χ0) is 14.4. The van der Waals surface area contributed by atoms with Gasteiger partial charge < -0.3 is 9.72 Å². The number of benzene rings is 1. The van der Waals surface area contributed by atoms with Crippen LogP contribution in [-0.4, -0.2) is 16.6 Å². The van der Waals surface area contributed by atoms with Crippen LogP contribution in [-0.2, 0) is 6.42 Å². The average Bonchev–Trinajstić information content (AvgIpc) is 2.45. The van der Waals surface area contributed by atoms with Crippen molar-refractivity contribution >= 4 is 12.2 Å². The second-order valence-corrected chi connectivity index (χ2v) is 5.12. The second kappa shape index (κ2) is 7.20. The Hall–Kier alpha value is -1.68. The lowest BCUT2D eigenvalue weighted by Gasteiger charge is -2.08. The molecule has 0 bridgehead atoms. The first kappa shape index (κ1) is 14.7. The topological polar surface area (TPSA) is 37.9 Å². The Kier molecular flexibility index (Phi) is 5.30. The van der Waals surface area contributed by atoms with Gasteiger partial charge in [0.25, 0.3) is 0 Å². The van der Waals surface area contributed by atoms with Gasteiger partial charge in [0.2, 0.25) is 0 Å². The number of aryl methyl sites for hydroxylation is 1. The second-order valence-electron chi connectivity index (χ2n) is 4.70. The molecule has 4 heteroatoms. The lowest BCUT2D eigenvalue weighted by atomic mass is 10.1. The summed E-state index contributed by atoms with van der Waals surface area (Å²) in [4.78, 5) is 7.69. The van der Waals surface area contributed by atoms with E-state index in [0.717, 1.165) is 48.7 Å². The Bertz CT molecular complexity index is 605. The van der Waals surface area contributed by atoms with Crippen LogP contribution < -0.4 is 4.74 Å². The van der Waals surface area contributed by atoms with Crippen LogP contribution in [0.3, 0.4) is 0 Å². The largest absolute Gasteiger partial charge is 0.494 e. The third-order valence-corrected chi connectivity index (χ3v) is 3.13. The highest BCUT2D eigenvalue weighted by atomic mass is 32.1. The lowest BCUT2D eigenvalue weighted by Crippen LogP contribution is -1.97. The van der Waals surface area contributed by atoms with Crippen LogP contribution in [0.1, 0.15) is 32.5 Å². The van der Waals surface area contributed by atoms with E-state index in [1.54, 1.807) is 0 Å². The fourth-order valence-electron chi connectivity index (χ4n) is 1.97. The van der Waals surface area contributed by atoms with Gasteiger partial charge in [-0.2, -0.15) is 0 Å². The van der Waals surface area contributed by atoms with Crippen molar-refractivity contribution in [3.05, 3.63) is 40.8 Å². The van der Waals surface area contributed by atoms with Crippen molar-refractivity contribution in [2.75, 3.05) is 6.61 Å². The SMILES string of the molecule is CCCOc1ccc(-c2cc(=S)nc(CCC)[nH]2)cc1. The van der Waals surface area contributed by atoms with E-state index in [-0.39, 0.29) is 0 Å². The quantitative estimate of drug-likeness (QED) is 0.793. The minimum Gasteiger partial charge on any atom is -0.494 e. The predicted molar refractivity (Wildman–Crippen MR) is 84.6 cm³/mol. The molecule has 1 aromatic heterocycles. The average molecular weight is 288 g/mol. The molecule has 0 aliphatic rings. The summed E-state index contributed by atoms with van der Waals surface area (Å²) in [6, 6.07) is 9.96. The van der Waals surface area contributed by atoms with Crippen LogP contribution in [0.4, 0.5) is 0 Å². The molecule has 0 fully saturated rings. The molecule has 1 aromatic carbocycles. The van der Waals surface area contributed by atoms with Crippen LogP contribution >= 0.6 is 12.2 Å². The van der Waals surface area contributed by atoms with E-state index in [1.807, 2.05) is 30.3 Å². The van der Waals surface area contributed by atoms with E-state index in [0.29, 0.717) is 4.64 Å². The van der Waals surface area contributed by atoms with E-state index >= 15 is 0 Å². The summed E-state index contributed by atoms with van der Waals surface area (Å²) in [5.41, 5.74) is 2.11. The minimum absolute atomic E-state index is 0.633. The van der Waals surface area contributed by atoms with Gasteiger partial charge in [-0.3, -0.25) is 0 Å². The summed E-state index contributed by atoms with van der Waals surface area (Å²) in [5, 5.41) is 0. The van der Waals surface area contributed by atoms with Gasteiger partial charge in [0, 0.05) is 12.1 Å². The number of rotatable bonds is 6. The number of aromatic nitrogens is 2. The number of nitrogens with one attached hydrogen (secondary N) is 1. The zero-order valence-corrected chi connectivity index (χ0v) is 12.8. The van der Waals surface area contributed by atoms with Crippen LogP contribution in [0.5, 0.6) is 5.75 Å². The fraction of sp³-hybridized carbons (Fsp3) is 0.375. The maximum absolute atomic E-state index is 5.59. The molecule has 0 saturated heterocycles. The highest BCUT2D eigenvalue weighted by molar-refractivity contribution is 7.71. The van der Waals surface area contributed by atoms with Crippen molar-refractivity contribution in [3.8, 4) is 17.0 Å². The van der Waals surface area contributed by atoms with Gasteiger partial charge in [0.05, 0.1) is 6.61 Å². The maximum Gasteiger partial charge on any atom is 0.130 e. The third-order valence-electron chi connectivity index (χ3n) is 2.92. The third kappa shape index (κ3) is 3.90. The van der Waals surface area contributed by atoms with E-state index in [9.17, 15) is 0 Å². The molecule has 1 N–H and O–H groups in total. The van der Waals surface area contributed by atoms with Gasteiger partial charge in [-0.05, 0) is 48.7 Å². The van der Waals surface area contributed by atoms with Crippen LogP contribution in [0.2, 0.25) is 0 Å². The van der Waals surface area contributed by atoms with E-state index in [4.69, 9.17) is 17.0 Å². The van der Waals surface area contributed by atoms with Gasteiger partial charge in [0.1, 0.15) is 16.2 Å². The molecule has 2 rings (SSSR count). The molecule has 106 valence electrons. The van der Waals surface area contributed by atoms with Gasteiger partial charge in [-0.25, -0.2) is 4.98 Å². The zero-order valence-electron chi connectivity index (χ0n) is 12.0. The van der Waals surface area contributed by atoms with Gasteiger partial charge >= 0.3 is 0 Å². The first-order valence-electron chi connectivity index (χ1n) is 7.06. The Morgan fingerprint density at radius 2 is 1.90 bits per heavy atom. The molecule has 0 aliphatic heterocycles. The van der Waals surface area contributed by atoms with Gasteiger partial charge in [-0.1, -0.05) is 26.1 Å². The highest BCUT2D eigenvalue weighted by Crippen LogP contribution is 2.21. The molecule has 0 saturated carbocycles. The summed E-state index contributed by atoms with van der Waals surface area (Å²) in [7, 11) is 0. The number of aromatic amines is 1. The molecule has 2 aromatic rings. The predicted octanol–water partition coefficient (Wildman–Crippen LogP) is 4.55. The standard InChI is InChI=1S/C16H20N2OS/c1-3-5-15-17-14(11-16(20)18-15)12-6-8-13(9-7-12)19-10-4-2/h6-9,11H,3-5,10H2,1-2H3,(H,17,18,20). The molecular weight excluding hydrogens is 268 g/mol. The molecule has 0 unspecified atom stereocenters. The van der Waals surface area contributed by atoms with Crippen molar-refractivity contribution in [2.45, 2.75) is 33.1 Å². The van der Waals surface area contributed by atoms with Gasteiger partial charge in [0.15, 0.2) is 0 Å². The molecule has 1 heterocycles. The fourth-order valence-corrected chi connectivity index (χ4v) is 2.20. The van der Waals surface area contributed by atoms with E-state index in [1.165, 1.54) is 0 Å². The molecule has 0 atom stereocenters. The molecular formula is C16H20N2OS. The normalized spacial score (nSPS) is 10.5. The minimum atomic E-state index is 0.633. The molecule has 0 amide bonds. The summed E-state index contributed by atoms with van der Waals surface area (Å²) < 4.78 is 6.22. The Morgan fingerprint density at radius 1 is 1.15 bits per heavy atom. The number of ether oxygens (including phenoxy) is 1. The lowest BCUT2D eigenvalue weighted by molar-refractivity contribution is 0.317. The molecule has 20 heavy (non-hydrogen) atoms. The highest BCUT2D eigenvalue weighted by Gasteiger charge is 2.02. The van der Waals surface area contributed by atoms with E-state index in [2.05, 4.69) is 23.8 Å². The number of hydrogen-bond acceptors (Lipinski definition) is 3. The monoisotopic (exact) mass is 288 g/mol.